The lowest BCUT2D eigenvalue weighted by atomic mass is 10.3. The second-order valence-electron chi connectivity index (χ2n) is 3.14. The first kappa shape index (κ1) is 14.1. The fourth-order valence-corrected chi connectivity index (χ4v) is 1.78. The SMILES string of the molecule is COC(=O)C(O)CNC(=O)c1ccc([N+](=O)[O-])s1. The Hall–Kier alpha value is -2.00. The van der Waals surface area contributed by atoms with Gasteiger partial charge in [-0.1, -0.05) is 11.3 Å². The molecule has 1 rings (SSSR count). The number of nitrogens with zero attached hydrogens (tertiary/aromatic N) is 1. The molecule has 1 unspecified atom stereocenters. The summed E-state index contributed by atoms with van der Waals surface area (Å²) in [5.41, 5.74) is 0. The normalized spacial score (nSPS) is 11.7. The smallest absolute Gasteiger partial charge is 0.336 e. The van der Waals surface area contributed by atoms with E-state index in [0.717, 1.165) is 7.11 Å². The Bertz CT molecular complexity index is 471. The lowest BCUT2D eigenvalue weighted by Gasteiger charge is -2.08. The lowest BCUT2D eigenvalue weighted by molar-refractivity contribution is -0.380. The van der Waals surface area contributed by atoms with E-state index in [9.17, 15) is 24.8 Å². The van der Waals surface area contributed by atoms with Crippen molar-refractivity contribution in [2.24, 2.45) is 0 Å². The molecular weight excluding hydrogens is 264 g/mol. The van der Waals surface area contributed by atoms with Crippen LogP contribution in [0.15, 0.2) is 12.1 Å². The van der Waals surface area contributed by atoms with Crippen LogP contribution in [-0.2, 0) is 9.53 Å². The van der Waals surface area contributed by atoms with Crippen LogP contribution in [0.2, 0.25) is 0 Å². The van der Waals surface area contributed by atoms with E-state index in [4.69, 9.17) is 0 Å². The quantitative estimate of drug-likeness (QED) is 0.440. The Balaban J connectivity index is 2.55. The monoisotopic (exact) mass is 274 g/mol. The van der Waals surface area contributed by atoms with Crippen molar-refractivity contribution in [1.82, 2.24) is 5.32 Å². The number of carbonyl (C=O) groups excluding carboxylic acids is 2. The molecule has 18 heavy (non-hydrogen) atoms. The van der Waals surface area contributed by atoms with Gasteiger partial charge in [-0.2, -0.15) is 0 Å². The van der Waals surface area contributed by atoms with Crippen molar-refractivity contribution in [2.75, 3.05) is 13.7 Å². The van der Waals surface area contributed by atoms with Crippen molar-refractivity contribution in [3.8, 4) is 0 Å². The van der Waals surface area contributed by atoms with E-state index in [1.165, 1.54) is 12.1 Å². The Kier molecular flexibility index (Phi) is 4.75. The topological polar surface area (TPSA) is 119 Å². The molecule has 0 aliphatic heterocycles. The molecular formula is C9H10N2O6S. The van der Waals surface area contributed by atoms with E-state index in [0.29, 0.717) is 11.3 Å². The van der Waals surface area contributed by atoms with Gasteiger partial charge in [-0.15, -0.1) is 0 Å². The van der Waals surface area contributed by atoms with Gasteiger partial charge in [0.2, 0.25) is 0 Å². The van der Waals surface area contributed by atoms with Crippen molar-refractivity contribution in [3.63, 3.8) is 0 Å². The zero-order chi connectivity index (χ0) is 13.7. The predicted octanol–water partition coefficient (Wildman–Crippen LogP) is -0.0800. The first-order chi connectivity index (χ1) is 8.45. The number of hydrogen-bond acceptors (Lipinski definition) is 7. The summed E-state index contributed by atoms with van der Waals surface area (Å²) in [6.07, 6.45) is -1.46. The van der Waals surface area contributed by atoms with Crippen LogP contribution in [0.25, 0.3) is 0 Å². The molecule has 0 saturated heterocycles. The van der Waals surface area contributed by atoms with E-state index in [-0.39, 0.29) is 16.4 Å². The highest BCUT2D eigenvalue weighted by molar-refractivity contribution is 7.17. The molecule has 0 aliphatic carbocycles. The zero-order valence-electron chi connectivity index (χ0n) is 9.28. The molecule has 9 heteroatoms. The van der Waals surface area contributed by atoms with Crippen LogP contribution >= 0.6 is 11.3 Å². The van der Waals surface area contributed by atoms with Gasteiger partial charge in [0, 0.05) is 6.07 Å². The van der Waals surface area contributed by atoms with Gasteiger partial charge in [0.1, 0.15) is 0 Å². The summed E-state index contributed by atoms with van der Waals surface area (Å²) in [6.45, 7) is -0.322. The maximum Gasteiger partial charge on any atom is 0.336 e. The minimum atomic E-state index is -1.46. The first-order valence-corrected chi connectivity index (χ1v) is 5.55. The summed E-state index contributed by atoms with van der Waals surface area (Å²) < 4.78 is 4.26. The van der Waals surface area contributed by atoms with Gasteiger partial charge in [-0.25, -0.2) is 4.79 Å². The number of rotatable bonds is 5. The number of aliphatic hydroxyl groups is 1. The predicted molar refractivity (Wildman–Crippen MR) is 61.3 cm³/mol. The number of nitrogens with one attached hydrogen (secondary N) is 1. The molecule has 1 aromatic rings. The van der Waals surface area contributed by atoms with Crippen LogP contribution in [0.1, 0.15) is 9.67 Å². The van der Waals surface area contributed by atoms with Crippen molar-refractivity contribution in [2.45, 2.75) is 6.10 Å². The largest absolute Gasteiger partial charge is 0.467 e. The second-order valence-corrected chi connectivity index (χ2v) is 4.21. The highest BCUT2D eigenvalue weighted by atomic mass is 32.1. The number of hydrogen-bond donors (Lipinski definition) is 2. The lowest BCUT2D eigenvalue weighted by Crippen LogP contribution is -2.36. The van der Waals surface area contributed by atoms with Crippen LogP contribution < -0.4 is 5.32 Å². The Labute approximate surface area is 105 Å². The van der Waals surface area contributed by atoms with Crippen LogP contribution in [0, 0.1) is 10.1 Å². The highest BCUT2D eigenvalue weighted by Gasteiger charge is 2.19. The van der Waals surface area contributed by atoms with Crippen molar-refractivity contribution < 1.29 is 24.4 Å². The number of ether oxygens (including phenoxy) is 1. The number of nitro groups is 1. The number of esters is 1. The van der Waals surface area contributed by atoms with Gasteiger partial charge in [0.05, 0.1) is 23.5 Å². The van der Waals surface area contributed by atoms with E-state index < -0.39 is 22.9 Å². The molecule has 8 nitrogen and oxygen atoms in total. The molecule has 1 heterocycles. The fourth-order valence-electron chi connectivity index (χ4n) is 1.04. The average molecular weight is 274 g/mol. The summed E-state index contributed by atoms with van der Waals surface area (Å²) >= 11 is 0.706. The maximum absolute atomic E-state index is 11.5. The van der Waals surface area contributed by atoms with E-state index >= 15 is 0 Å². The number of methoxy groups -OCH3 is 1. The van der Waals surface area contributed by atoms with Crippen molar-refractivity contribution in [1.29, 1.82) is 0 Å². The summed E-state index contributed by atoms with van der Waals surface area (Å²) in [6, 6.07) is 2.50. The third-order valence-electron chi connectivity index (χ3n) is 1.92. The Morgan fingerprint density at radius 3 is 2.78 bits per heavy atom. The average Bonchev–Trinajstić information content (AvgIpc) is 2.84. The molecule has 1 atom stereocenters. The van der Waals surface area contributed by atoms with Gasteiger partial charge >= 0.3 is 11.0 Å². The summed E-state index contributed by atoms with van der Waals surface area (Å²) in [5.74, 6) is -1.47. The van der Waals surface area contributed by atoms with E-state index in [2.05, 4.69) is 10.1 Å². The van der Waals surface area contributed by atoms with Gasteiger partial charge in [-0.3, -0.25) is 14.9 Å². The molecule has 1 amide bonds. The van der Waals surface area contributed by atoms with Crippen LogP contribution in [-0.4, -0.2) is 41.7 Å². The molecule has 1 aromatic heterocycles. The van der Waals surface area contributed by atoms with Crippen LogP contribution in [0.5, 0.6) is 0 Å². The Morgan fingerprint density at radius 1 is 1.61 bits per heavy atom. The van der Waals surface area contributed by atoms with Crippen molar-refractivity contribution in [3.05, 3.63) is 27.1 Å². The number of amides is 1. The van der Waals surface area contributed by atoms with Crippen LogP contribution in [0.4, 0.5) is 5.00 Å². The van der Waals surface area contributed by atoms with E-state index in [1.54, 1.807) is 0 Å². The summed E-state index contributed by atoms with van der Waals surface area (Å²) in [4.78, 5) is 32.3. The minimum Gasteiger partial charge on any atom is -0.467 e. The molecule has 98 valence electrons. The van der Waals surface area contributed by atoms with E-state index in [1.807, 2.05) is 0 Å². The number of thiophene rings is 1. The standard InChI is InChI=1S/C9H10N2O6S/c1-17-9(14)5(12)4-10-8(13)6-2-3-7(18-6)11(15)16/h2-3,5,12H,4H2,1H3,(H,10,13). The third kappa shape index (κ3) is 3.50. The molecule has 0 bridgehead atoms. The minimum absolute atomic E-state index is 0.124. The summed E-state index contributed by atoms with van der Waals surface area (Å²) in [5, 5.41) is 21.7. The number of carbonyl (C=O) groups is 2. The fraction of sp³-hybridized carbons (Fsp3) is 0.333. The second kappa shape index (κ2) is 6.07. The van der Waals surface area contributed by atoms with Gasteiger partial charge < -0.3 is 15.2 Å². The third-order valence-corrected chi connectivity index (χ3v) is 2.96. The van der Waals surface area contributed by atoms with Gasteiger partial charge in [0.25, 0.3) is 5.91 Å². The molecule has 0 saturated carbocycles. The maximum atomic E-state index is 11.5. The first-order valence-electron chi connectivity index (χ1n) is 4.74. The van der Waals surface area contributed by atoms with Gasteiger partial charge in [0.15, 0.2) is 6.10 Å². The van der Waals surface area contributed by atoms with Crippen LogP contribution in [0.3, 0.4) is 0 Å². The molecule has 2 N–H and O–H groups in total. The molecule has 0 aromatic carbocycles. The Morgan fingerprint density at radius 2 is 2.28 bits per heavy atom. The zero-order valence-corrected chi connectivity index (χ0v) is 10.1. The molecule has 0 fully saturated rings. The van der Waals surface area contributed by atoms with Crippen molar-refractivity contribution >= 4 is 28.2 Å². The number of aliphatic hydroxyl groups excluding tert-OH is 1. The molecule has 0 aliphatic rings. The highest BCUT2D eigenvalue weighted by Crippen LogP contribution is 2.23. The van der Waals surface area contributed by atoms with Gasteiger partial charge in [-0.05, 0) is 6.07 Å². The molecule has 0 radical (unpaired) electrons. The molecule has 0 spiro atoms. The summed E-state index contributed by atoms with van der Waals surface area (Å²) in [7, 11) is 1.11.